The van der Waals surface area contributed by atoms with Crippen LogP contribution in [0.4, 0.5) is 8.78 Å². The minimum absolute atomic E-state index is 0.216. The van der Waals surface area contributed by atoms with E-state index in [2.05, 4.69) is 10.2 Å². The molecule has 0 saturated carbocycles. The third-order valence-corrected chi connectivity index (χ3v) is 2.64. The number of aromatic nitrogens is 3. The van der Waals surface area contributed by atoms with E-state index in [-0.39, 0.29) is 5.69 Å². The Kier molecular flexibility index (Phi) is 3.33. The molecule has 0 bridgehead atoms. The fraction of sp³-hybridized carbons (Fsp3) is 0.273. The molecular formula is C11H11F2N3S. The smallest absolute Gasteiger partial charge is 0.199 e. The Bertz CT molecular complexity index is 589. The van der Waals surface area contributed by atoms with E-state index in [0.717, 1.165) is 12.5 Å². The molecule has 90 valence electrons. The molecule has 17 heavy (non-hydrogen) atoms. The van der Waals surface area contributed by atoms with Gasteiger partial charge in [0.15, 0.2) is 4.77 Å². The van der Waals surface area contributed by atoms with Gasteiger partial charge in [0.25, 0.3) is 0 Å². The van der Waals surface area contributed by atoms with Crippen LogP contribution in [-0.2, 0) is 6.42 Å². The number of aryl methyl sites for hydroxylation is 1. The summed E-state index contributed by atoms with van der Waals surface area (Å²) in [4.78, 5) is 0. The summed E-state index contributed by atoms with van der Waals surface area (Å²) in [6.07, 6.45) is 1.53. The van der Waals surface area contributed by atoms with Gasteiger partial charge in [0.2, 0.25) is 0 Å². The normalized spacial score (nSPS) is 10.8. The molecule has 0 fully saturated rings. The van der Waals surface area contributed by atoms with Crippen LogP contribution in [-0.4, -0.2) is 14.8 Å². The van der Waals surface area contributed by atoms with Crippen molar-refractivity contribution in [3.05, 3.63) is 40.4 Å². The molecule has 0 aliphatic rings. The predicted octanol–water partition coefficient (Wildman–Crippen LogP) is 3.16. The number of H-pyrrole nitrogens is 1. The highest BCUT2D eigenvalue weighted by Gasteiger charge is 2.12. The van der Waals surface area contributed by atoms with E-state index in [9.17, 15) is 8.78 Å². The van der Waals surface area contributed by atoms with E-state index in [4.69, 9.17) is 12.2 Å². The minimum Gasteiger partial charge on any atom is -0.269 e. The average Bonchev–Trinajstić information content (AvgIpc) is 2.62. The average molecular weight is 255 g/mol. The zero-order valence-corrected chi connectivity index (χ0v) is 10.0. The maximum atomic E-state index is 13.7. The zero-order valence-electron chi connectivity index (χ0n) is 9.20. The topological polar surface area (TPSA) is 33.6 Å². The summed E-state index contributed by atoms with van der Waals surface area (Å²) in [5.41, 5.74) is 0.216. The van der Waals surface area contributed by atoms with E-state index in [0.29, 0.717) is 17.0 Å². The van der Waals surface area contributed by atoms with Crippen molar-refractivity contribution in [1.82, 2.24) is 14.8 Å². The summed E-state index contributed by atoms with van der Waals surface area (Å²) in [5, 5.41) is 6.65. The summed E-state index contributed by atoms with van der Waals surface area (Å²) < 4.78 is 28.3. The predicted molar refractivity (Wildman–Crippen MR) is 62.7 cm³/mol. The number of rotatable bonds is 3. The molecule has 0 atom stereocenters. The fourth-order valence-corrected chi connectivity index (χ4v) is 1.88. The van der Waals surface area contributed by atoms with E-state index in [1.807, 2.05) is 6.92 Å². The number of benzene rings is 1. The molecule has 0 aliphatic carbocycles. The zero-order chi connectivity index (χ0) is 12.4. The molecule has 3 nitrogen and oxygen atoms in total. The lowest BCUT2D eigenvalue weighted by Crippen LogP contribution is -2.04. The fourth-order valence-electron chi connectivity index (χ4n) is 1.63. The van der Waals surface area contributed by atoms with Gasteiger partial charge in [-0.1, -0.05) is 6.92 Å². The summed E-state index contributed by atoms with van der Waals surface area (Å²) in [7, 11) is 0. The molecule has 2 rings (SSSR count). The molecule has 6 heteroatoms. The van der Waals surface area contributed by atoms with Crippen molar-refractivity contribution in [1.29, 1.82) is 0 Å². The highest BCUT2D eigenvalue weighted by molar-refractivity contribution is 7.71. The molecular weight excluding hydrogens is 244 g/mol. The first-order valence-electron chi connectivity index (χ1n) is 5.25. The van der Waals surface area contributed by atoms with Crippen LogP contribution in [0.1, 0.15) is 19.2 Å². The minimum atomic E-state index is -0.653. The highest BCUT2D eigenvalue weighted by atomic mass is 32.1. The molecule has 0 aliphatic heterocycles. The number of nitrogens with zero attached hydrogens (tertiary/aromatic N) is 2. The van der Waals surface area contributed by atoms with Crippen molar-refractivity contribution in [2.45, 2.75) is 19.8 Å². The Morgan fingerprint density at radius 2 is 2.18 bits per heavy atom. The summed E-state index contributed by atoms with van der Waals surface area (Å²) in [6.45, 7) is 1.99. The van der Waals surface area contributed by atoms with Crippen molar-refractivity contribution >= 4 is 12.2 Å². The van der Waals surface area contributed by atoms with Crippen LogP contribution in [0.25, 0.3) is 5.69 Å². The molecule has 0 saturated heterocycles. The van der Waals surface area contributed by atoms with Gasteiger partial charge in [-0.05, 0) is 30.8 Å². The van der Waals surface area contributed by atoms with Crippen LogP contribution in [0.5, 0.6) is 0 Å². The maximum absolute atomic E-state index is 13.7. The molecule has 1 aromatic carbocycles. The van der Waals surface area contributed by atoms with Gasteiger partial charge in [-0.15, -0.1) is 0 Å². The lowest BCUT2D eigenvalue weighted by Gasteiger charge is -2.07. The summed E-state index contributed by atoms with van der Waals surface area (Å²) in [5.74, 6) is -0.624. The van der Waals surface area contributed by atoms with Crippen molar-refractivity contribution in [2.75, 3.05) is 0 Å². The summed E-state index contributed by atoms with van der Waals surface area (Å²) >= 11 is 5.05. The first kappa shape index (κ1) is 11.9. The van der Waals surface area contributed by atoms with E-state index in [1.54, 1.807) is 0 Å². The Labute approximate surface area is 102 Å². The number of hydrogen-bond acceptors (Lipinski definition) is 2. The first-order chi connectivity index (χ1) is 8.13. The second-order valence-corrected chi connectivity index (χ2v) is 4.01. The maximum Gasteiger partial charge on any atom is 0.199 e. The van der Waals surface area contributed by atoms with E-state index in [1.165, 1.54) is 16.7 Å². The Hall–Kier alpha value is -1.56. The molecule has 0 unspecified atom stereocenters. The standard InChI is InChI=1S/C11H11F2N3S/c1-2-3-10-14-15-11(17)16(10)9-5-4-7(12)6-8(9)13/h4-6H,2-3H2,1H3,(H,15,17). The Balaban J connectivity index is 2.59. The quantitative estimate of drug-likeness (QED) is 0.855. The molecule has 0 radical (unpaired) electrons. The van der Waals surface area contributed by atoms with Gasteiger partial charge in [0.05, 0.1) is 5.69 Å². The Morgan fingerprint density at radius 1 is 1.41 bits per heavy atom. The van der Waals surface area contributed by atoms with E-state index < -0.39 is 11.6 Å². The van der Waals surface area contributed by atoms with Gasteiger partial charge in [-0.3, -0.25) is 9.67 Å². The SMILES string of the molecule is CCCc1n[nH]c(=S)n1-c1ccc(F)cc1F. The van der Waals surface area contributed by atoms with Gasteiger partial charge in [0.1, 0.15) is 17.5 Å². The van der Waals surface area contributed by atoms with Crippen LogP contribution in [0.3, 0.4) is 0 Å². The van der Waals surface area contributed by atoms with Crippen LogP contribution in [0.15, 0.2) is 18.2 Å². The molecule has 1 N–H and O–H groups in total. The van der Waals surface area contributed by atoms with Crippen LogP contribution >= 0.6 is 12.2 Å². The molecule has 0 spiro atoms. The van der Waals surface area contributed by atoms with Gasteiger partial charge in [0, 0.05) is 12.5 Å². The van der Waals surface area contributed by atoms with Gasteiger partial charge in [-0.25, -0.2) is 8.78 Å². The van der Waals surface area contributed by atoms with Gasteiger partial charge >= 0.3 is 0 Å². The van der Waals surface area contributed by atoms with Crippen molar-refractivity contribution in [2.24, 2.45) is 0 Å². The van der Waals surface area contributed by atoms with E-state index >= 15 is 0 Å². The van der Waals surface area contributed by atoms with Gasteiger partial charge < -0.3 is 0 Å². The number of nitrogens with one attached hydrogen (secondary N) is 1. The second kappa shape index (κ2) is 4.75. The highest BCUT2D eigenvalue weighted by Crippen LogP contribution is 2.17. The van der Waals surface area contributed by atoms with Crippen molar-refractivity contribution in [3.8, 4) is 5.69 Å². The van der Waals surface area contributed by atoms with Crippen molar-refractivity contribution < 1.29 is 8.78 Å². The Morgan fingerprint density at radius 3 is 2.82 bits per heavy atom. The summed E-state index contributed by atoms with van der Waals surface area (Å²) in [6, 6.07) is 3.39. The largest absolute Gasteiger partial charge is 0.269 e. The first-order valence-corrected chi connectivity index (χ1v) is 5.66. The van der Waals surface area contributed by atoms with Gasteiger partial charge in [-0.2, -0.15) is 5.10 Å². The van der Waals surface area contributed by atoms with Crippen LogP contribution in [0.2, 0.25) is 0 Å². The lowest BCUT2D eigenvalue weighted by molar-refractivity contribution is 0.575. The molecule has 1 heterocycles. The third-order valence-electron chi connectivity index (χ3n) is 2.37. The third kappa shape index (κ3) is 2.26. The van der Waals surface area contributed by atoms with Crippen LogP contribution < -0.4 is 0 Å². The molecule has 0 amide bonds. The second-order valence-electron chi connectivity index (χ2n) is 3.63. The molecule has 1 aromatic heterocycles. The number of aromatic amines is 1. The number of halogens is 2. The number of hydrogen-bond donors (Lipinski definition) is 1. The van der Waals surface area contributed by atoms with Crippen LogP contribution in [0, 0.1) is 16.4 Å². The van der Waals surface area contributed by atoms with Crippen molar-refractivity contribution in [3.63, 3.8) is 0 Å². The monoisotopic (exact) mass is 255 g/mol. The lowest BCUT2D eigenvalue weighted by atomic mass is 10.2. The molecule has 2 aromatic rings.